The van der Waals surface area contributed by atoms with Crippen LogP contribution < -0.4 is 5.32 Å². The first-order valence-electron chi connectivity index (χ1n) is 5.39. The molecule has 0 aliphatic heterocycles. The van der Waals surface area contributed by atoms with E-state index in [1.54, 1.807) is 31.5 Å². The standard InChI is InChI=1S/C12H13N3O2/c1-3-10-11(8(2)17-15-10)12(16)14-9-5-4-6-13-7-9/h4-7H,3H2,1-2H3,(H,14,16). The Balaban J connectivity index is 2.23. The number of rotatable bonds is 3. The second kappa shape index (κ2) is 4.78. The van der Waals surface area contributed by atoms with Crippen LogP contribution in [-0.4, -0.2) is 16.0 Å². The topological polar surface area (TPSA) is 68.0 Å². The lowest BCUT2D eigenvalue weighted by atomic mass is 10.1. The van der Waals surface area contributed by atoms with Crippen molar-refractivity contribution in [2.24, 2.45) is 0 Å². The van der Waals surface area contributed by atoms with Crippen molar-refractivity contribution in [2.75, 3.05) is 5.32 Å². The number of aryl methyl sites for hydroxylation is 2. The van der Waals surface area contributed by atoms with E-state index in [2.05, 4.69) is 15.5 Å². The van der Waals surface area contributed by atoms with Gasteiger partial charge < -0.3 is 9.84 Å². The lowest BCUT2D eigenvalue weighted by Crippen LogP contribution is -2.14. The average molecular weight is 231 g/mol. The van der Waals surface area contributed by atoms with E-state index in [4.69, 9.17) is 4.52 Å². The number of amides is 1. The molecule has 0 bridgehead atoms. The largest absolute Gasteiger partial charge is 0.361 e. The molecule has 5 nitrogen and oxygen atoms in total. The van der Waals surface area contributed by atoms with Crippen LogP contribution in [0.3, 0.4) is 0 Å². The number of pyridine rings is 1. The fourth-order valence-electron chi connectivity index (χ4n) is 1.58. The summed E-state index contributed by atoms with van der Waals surface area (Å²) in [5.74, 6) is 0.317. The highest BCUT2D eigenvalue weighted by Gasteiger charge is 2.18. The highest BCUT2D eigenvalue weighted by atomic mass is 16.5. The van der Waals surface area contributed by atoms with Crippen LogP contribution in [-0.2, 0) is 6.42 Å². The van der Waals surface area contributed by atoms with Gasteiger partial charge in [-0.25, -0.2) is 0 Å². The molecule has 0 atom stereocenters. The van der Waals surface area contributed by atoms with E-state index < -0.39 is 0 Å². The third kappa shape index (κ3) is 2.33. The molecular weight excluding hydrogens is 218 g/mol. The van der Waals surface area contributed by atoms with E-state index in [1.807, 2.05) is 6.92 Å². The highest BCUT2D eigenvalue weighted by Crippen LogP contribution is 2.16. The zero-order valence-electron chi connectivity index (χ0n) is 9.73. The predicted molar refractivity (Wildman–Crippen MR) is 62.8 cm³/mol. The second-order valence-electron chi connectivity index (χ2n) is 3.61. The fourth-order valence-corrected chi connectivity index (χ4v) is 1.58. The number of nitrogens with one attached hydrogen (secondary N) is 1. The van der Waals surface area contributed by atoms with E-state index in [9.17, 15) is 4.79 Å². The summed E-state index contributed by atoms with van der Waals surface area (Å²) >= 11 is 0. The first-order valence-corrected chi connectivity index (χ1v) is 5.39. The van der Waals surface area contributed by atoms with Gasteiger partial charge in [0.2, 0.25) is 0 Å². The van der Waals surface area contributed by atoms with Crippen LogP contribution in [0.5, 0.6) is 0 Å². The molecule has 0 radical (unpaired) electrons. The van der Waals surface area contributed by atoms with Gasteiger partial charge in [-0.15, -0.1) is 0 Å². The van der Waals surface area contributed by atoms with Gasteiger partial charge >= 0.3 is 0 Å². The highest BCUT2D eigenvalue weighted by molar-refractivity contribution is 6.05. The smallest absolute Gasteiger partial charge is 0.261 e. The Bertz CT molecular complexity index is 520. The number of anilines is 1. The van der Waals surface area contributed by atoms with Crippen molar-refractivity contribution in [1.29, 1.82) is 0 Å². The van der Waals surface area contributed by atoms with Crippen LogP contribution in [0, 0.1) is 6.92 Å². The van der Waals surface area contributed by atoms with Crippen LogP contribution in [0.1, 0.15) is 28.7 Å². The monoisotopic (exact) mass is 231 g/mol. The molecule has 0 unspecified atom stereocenters. The molecule has 2 heterocycles. The Morgan fingerprint density at radius 1 is 1.53 bits per heavy atom. The molecule has 0 aromatic carbocycles. The van der Waals surface area contributed by atoms with E-state index in [0.29, 0.717) is 29.1 Å². The first kappa shape index (κ1) is 11.3. The van der Waals surface area contributed by atoms with Gasteiger partial charge in [-0.1, -0.05) is 12.1 Å². The van der Waals surface area contributed by atoms with Crippen LogP contribution in [0.2, 0.25) is 0 Å². The zero-order chi connectivity index (χ0) is 12.3. The normalized spacial score (nSPS) is 10.2. The van der Waals surface area contributed by atoms with Crippen LogP contribution in [0.25, 0.3) is 0 Å². The fraction of sp³-hybridized carbons (Fsp3) is 0.250. The lowest BCUT2D eigenvalue weighted by Gasteiger charge is -2.03. The predicted octanol–water partition coefficient (Wildman–Crippen LogP) is 2.19. The number of nitrogens with zero attached hydrogens (tertiary/aromatic N) is 2. The number of hydrogen-bond acceptors (Lipinski definition) is 4. The molecule has 88 valence electrons. The molecule has 2 aromatic rings. The molecular formula is C12H13N3O2. The van der Waals surface area contributed by atoms with Gasteiger partial charge in [-0.3, -0.25) is 9.78 Å². The summed E-state index contributed by atoms with van der Waals surface area (Å²) in [7, 11) is 0. The van der Waals surface area contributed by atoms with E-state index >= 15 is 0 Å². The summed E-state index contributed by atoms with van der Waals surface area (Å²) in [5.41, 5.74) is 1.83. The Kier molecular flexibility index (Phi) is 3.18. The van der Waals surface area contributed by atoms with Crippen molar-refractivity contribution in [2.45, 2.75) is 20.3 Å². The molecule has 2 aromatic heterocycles. The zero-order valence-corrected chi connectivity index (χ0v) is 9.73. The van der Waals surface area contributed by atoms with E-state index in [-0.39, 0.29) is 5.91 Å². The van der Waals surface area contributed by atoms with E-state index in [0.717, 1.165) is 0 Å². The number of aromatic nitrogens is 2. The van der Waals surface area contributed by atoms with Gasteiger partial charge in [-0.2, -0.15) is 0 Å². The Morgan fingerprint density at radius 2 is 2.35 bits per heavy atom. The summed E-state index contributed by atoms with van der Waals surface area (Å²) in [4.78, 5) is 16.0. The quantitative estimate of drug-likeness (QED) is 0.879. The van der Waals surface area contributed by atoms with Crippen LogP contribution in [0.15, 0.2) is 29.0 Å². The van der Waals surface area contributed by atoms with Gasteiger partial charge in [0.05, 0.1) is 17.6 Å². The minimum Gasteiger partial charge on any atom is -0.361 e. The van der Waals surface area contributed by atoms with Crippen molar-refractivity contribution >= 4 is 11.6 Å². The van der Waals surface area contributed by atoms with Crippen molar-refractivity contribution < 1.29 is 9.32 Å². The maximum absolute atomic E-state index is 12.0. The maximum atomic E-state index is 12.0. The summed E-state index contributed by atoms with van der Waals surface area (Å²) < 4.78 is 5.02. The third-order valence-electron chi connectivity index (χ3n) is 2.41. The average Bonchev–Trinajstić information content (AvgIpc) is 2.71. The second-order valence-corrected chi connectivity index (χ2v) is 3.61. The van der Waals surface area contributed by atoms with Gasteiger partial charge in [0, 0.05) is 6.20 Å². The molecule has 0 spiro atoms. The summed E-state index contributed by atoms with van der Waals surface area (Å²) in [6, 6.07) is 3.54. The summed E-state index contributed by atoms with van der Waals surface area (Å²) in [5, 5.41) is 6.60. The van der Waals surface area contributed by atoms with Crippen molar-refractivity contribution in [3.8, 4) is 0 Å². The number of carbonyl (C=O) groups excluding carboxylic acids is 1. The molecule has 1 amide bonds. The molecule has 0 saturated heterocycles. The molecule has 0 aliphatic carbocycles. The van der Waals surface area contributed by atoms with Gasteiger partial charge in [-0.05, 0) is 25.5 Å². The Labute approximate surface area is 98.8 Å². The molecule has 5 heteroatoms. The molecule has 0 saturated carbocycles. The Morgan fingerprint density at radius 3 is 3.00 bits per heavy atom. The molecule has 0 aliphatic rings. The number of carbonyl (C=O) groups is 1. The van der Waals surface area contributed by atoms with Gasteiger partial charge in [0.15, 0.2) is 0 Å². The van der Waals surface area contributed by atoms with Crippen LogP contribution in [0.4, 0.5) is 5.69 Å². The first-order chi connectivity index (χ1) is 8.22. The molecule has 0 fully saturated rings. The lowest BCUT2D eigenvalue weighted by molar-refractivity contribution is 0.102. The van der Waals surface area contributed by atoms with Crippen molar-refractivity contribution in [3.05, 3.63) is 41.5 Å². The summed E-state index contributed by atoms with van der Waals surface area (Å²) in [6.45, 7) is 3.66. The SMILES string of the molecule is CCc1noc(C)c1C(=O)Nc1cccnc1. The van der Waals surface area contributed by atoms with Crippen molar-refractivity contribution in [1.82, 2.24) is 10.1 Å². The minimum atomic E-state index is -0.214. The van der Waals surface area contributed by atoms with Gasteiger partial charge in [0.1, 0.15) is 11.3 Å². The number of hydrogen-bond donors (Lipinski definition) is 1. The summed E-state index contributed by atoms with van der Waals surface area (Å²) in [6.07, 6.45) is 3.90. The molecule has 1 N–H and O–H groups in total. The van der Waals surface area contributed by atoms with Gasteiger partial charge in [0.25, 0.3) is 5.91 Å². The molecule has 2 rings (SSSR count). The van der Waals surface area contributed by atoms with E-state index in [1.165, 1.54) is 0 Å². The molecule has 17 heavy (non-hydrogen) atoms. The minimum absolute atomic E-state index is 0.214. The van der Waals surface area contributed by atoms with Crippen LogP contribution >= 0.6 is 0 Å². The van der Waals surface area contributed by atoms with Crippen molar-refractivity contribution in [3.63, 3.8) is 0 Å². The third-order valence-corrected chi connectivity index (χ3v) is 2.41. The maximum Gasteiger partial charge on any atom is 0.261 e. The Hall–Kier alpha value is -2.17.